The van der Waals surface area contributed by atoms with Crippen LogP contribution in [0.25, 0.3) is 11.1 Å². The third kappa shape index (κ3) is 2.94. The van der Waals surface area contributed by atoms with E-state index in [1.54, 1.807) is 26.5 Å². The Bertz CT molecular complexity index is 753. The number of hydrogen-bond donors (Lipinski definition) is 0. The highest BCUT2D eigenvalue weighted by atomic mass is 16.5. The van der Waals surface area contributed by atoms with Crippen LogP contribution < -0.4 is 9.47 Å². The van der Waals surface area contributed by atoms with E-state index in [0.717, 1.165) is 35.3 Å². The lowest BCUT2D eigenvalue weighted by atomic mass is 9.78. The van der Waals surface area contributed by atoms with Crippen LogP contribution in [-0.4, -0.2) is 32.3 Å². The van der Waals surface area contributed by atoms with E-state index >= 15 is 0 Å². The van der Waals surface area contributed by atoms with Crippen molar-refractivity contribution in [2.75, 3.05) is 21.3 Å². The van der Waals surface area contributed by atoms with E-state index in [2.05, 4.69) is 11.1 Å². The third-order valence-electron chi connectivity index (χ3n) is 4.54. The quantitative estimate of drug-likeness (QED) is 0.781. The van der Waals surface area contributed by atoms with Crippen molar-refractivity contribution in [3.8, 4) is 22.6 Å². The molecule has 1 aromatic carbocycles. The lowest BCUT2D eigenvalue weighted by Gasteiger charge is -2.28. The molecule has 1 heterocycles. The molecular weight excluding hydrogens is 306 g/mol. The van der Waals surface area contributed by atoms with Crippen LogP contribution in [0.15, 0.2) is 30.5 Å². The standard InChI is InChI=1S/C19H21NO4/c1-22-17-11-14(9-15(18(17)23-2)12-5-4-6-12)13-7-8-20-16(10-13)19(21)24-3/h7-12H,4-6H2,1-3H3. The fourth-order valence-corrected chi connectivity index (χ4v) is 3.01. The number of esters is 1. The molecule has 126 valence electrons. The Morgan fingerprint density at radius 2 is 1.88 bits per heavy atom. The molecule has 1 saturated carbocycles. The summed E-state index contributed by atoms with van der Waals surface area (Å²) in [6.45, 7) is 0. The second kappa shape index (κ2) is 6.91. The number of rotatable bonds is 5. The van der Waals surface area contributed by atoms with Gasteiger partial charge in [-0.2, -0.15) is 0 Å². The van der Waals surface area contributed by atoms with Crippen molar-refractivity contribution in [3.63, 3.8) is 0 Å². The van der Waals surface area contributed by atoms with Gasteiger partial charge in [0.25, 0.3) is 0 Å². The molecule has 2 aromatic rings. The lowest BCUT2D eigenvalue weighted by Crippen LogP contribution is -2.11. The Kier molecular flexibility index (Phi) is 4.69. The second-order valence-electron chi connectivity index (χ2n) is 5.85. The van der Waals surface area contributed by atoms with Gasteiger partial charge >= 0.3 is 5.97 Å². The summed E-state index contributed by atoms with van der Waals surface area (Å²) in [6, 6.07) is 7.66. The summed E-state index contributed by atoms with van der Waals surface area (Å²) in [6.07, 6.45) is 5.17. The number of nitrogens with zero attached hydrogens (tertiary/aromatic N) is 1. The molecule has 0 aliphatic heterocycles. The van der Waals surface area contributed by atoms with E-state index in [1.165, 1.54) is 13.5 Å². The van der Waals surface area contributed by atoms with Gasteiger partial charge in [0.15, 0.2) is 11.5 Å². The van der Waals surface area contributed by atoms with Crippen LogP contribution in [0.4, 0.5) is 0 Å². The van der Waals surface area contributed by atoms with Gasteiger partial charge in [0.2, 0.25) is 0 Å². The van der Waals surface area contributed by atoms with Crippen molar-refractivity contribution in [2.24, 2.45) is 0 Å². The van der Waals surface area contributed by atoms with E-state index in [4.69, 9.17) is 14.2 Å². The summed E-state index contributed by atoms with van der Waals surface area (Å²) in [4.78, 5) is 15.8. The number of methoxy groups -OCH3 is 3. The second-order valence-corrected chi connectivity index (χ2v) is 5.85. The van der Waals surface area contributed by atoms with Crippen LogP contribution in [0.2, 0.25) is 0 Å². The molecule has 1 fully saturated rings. The molecule has 0 N–H and O–H groups in total. The van der Waals surface area contributed by atoms with Gasteiger partial charge in [0, 0.05) is 11.8 Å². The number of ether oxygens (including phenoxy) is 3. The number of carbonyl (C=O) groups is 1. The predicted octanol–water partition coefficient (Wildman–Crippen LogP) is 3.82. The van der Waals surface area contributed by atoms with Gasteiger partial charge in [-0.25, -0.2) is 9.78 Å². The van der Waals surface area contributed by atoms with Crippen molar-refractivity contribution in [2.45, 2.75) is 25.2 Å². The summed E-state index contributed by atoms with van der Waals surface area (Å²) in [5, 5.41) is 0. The van der Waals surface area contributed by atoms with Crippen LogP contribution >= 0.6 is 0 Å². The van der Waals surface area contributed by atoms with Crippen LogP contribution in [-0.2, 0) is 4.74 Å². The van der Waals surface area contributed by atoms with Crippen LogP contribution in [0.3, 0.4) is 0 Å². The first-order valence-electron chi connectivity index (χ1n) is 7.98. The van der Waals surface area contributed by atoms with E-state index in [9.17, 15) is 4.79 Å². The molecule has 5 heteroatoms. The van der Waals surface area contributed by atoms with Crippen LogP contribution in [0, 0.1) is 0 Å². The fraction of sp³-hybridized carbons (Fsp3) is 0.368. The first kappa shape index (κ1) is 16.3. The maximum Gasteiger partial charge on any atom is 0.356 e. The van der Waals surface area contributed by atoms with Gasteiger partial charge in [-0.3, -0.25) is 0 Å². The number of benzene rings is 1. The highest BCUT2D eigenvalue weighted by Crippen LogP contribution is 2.46. The average Bonchev–Trinajstić information content (AvgIpc) is 2.58. The number of pyridine rings is 1. The minimum Gasteiger partial charge on any atom is -0.493 e. The largest absolute Gasteiger partial charge is 0.493 e. The zero-order chi connectivity index (χ0) is 17.1. The Morgan fingerprint density at radius 3 is 2.46 bits per heavy atom. The summed E-state index contributed by atoms with van der Waals surface area (Å²) in [7, 11) is 4.65. The van der Waals surface area contributed by atoms with Gasteiger partial charge in [0.05, 0.1) is 21.3 Å². The molecular formula is C19H21NO4. The van der Waals surface area contributed by atoms with Crippen LogP contribution in [0.5, 0.6) is 11.5 Å². The monoisotopic (exact) mass is 327 g/mol. The van der Waals surface area contributed by atoms with E-state index in [0.29, 0.717) is 11.7 Å². The van der Waals surface area contributed by atoms with Crippen molar-refractivity contribution in [1.82, 2.24) is 4.98 Å². The molecule has 0 spiro atoms. The van der Waals surface area contributed by atoms with Crippen LogP contribution in [0.1, 0.15) is 41.2 Å². The molecule has 3 rings (SSSR count). The van der Waals surface area contributed by atoms with E-state index < -0.39 is 5.97 Å². The van der Waals surface area contributed by atoms with Gasteiger partial charge in [-0.15, -0.1) is 0 Å². The summed E-state index contributed by atoms with van der Waals surface area (Å²) >= 11 is 0. The molecule has 1 aromatic heterocycles. The number of hydrogen-bond acceptors (Lipinski definition) is 5. The zero-order valence-electron chi connectivity index (χ0n) is 14.2. The summed E-state index contributed by atoms with van der Waals surface area (Å²) in [5.41, 5.74) is 3.32. The number of aromatic nitrogens is 1. The Labute approximate surface area is 141 Å². The van der Waals surface area contributed by atoms with E-state index in [1.807, 2.05) is 12.1 Å². The van der Waals surface area contributed by atoms with Crippen molar-refractivity contribution >= 4 is 5.97 Å². The van der Waals surface area contributed by atoms with E-state index in [-0.39, 0.29) is 5.69 Å². The molecule has 5 nitrogen and oxygen atoms in total. The minimum atomic E-state index is -0.448. The first-order valence-corrected chi connectivity index (χ1v) is 7.98. The Balaban J connectivity index is 2.09. The maximum atomic E-state index is 11.7. The minimum absolute atomic E-state index is 0.287. The molecule has 0 amide bonds. The summed E-state index contributed by atoms with van der Waals surface area (Å²) < 4.78 is 15.9. The molecule has 0 bridgehead atoms. The highest BCUT2D eigenvalue weighted by Gasteiger charge is 2.26. The third-order valence-corrected chi connectivity index (χ3v) is 4.54. The first-order chi connectivity index (χ1) is 11.7. The predicted molar refractivity (Wildman–Crippen MR) is 90.7 cm³/mol. The molecule has 0 saturated heterocycles. The van der Waals surface area contributed by atoms with Crippen molar-refractivity contribution in [1.29, 1.82) is 0 Å². The SMILES string of the molecule is COC(=O)c1cc(-c2cc(OC)c(OC)c(C3CCC3)c2)ccn1. The van der Waals surface area contributed by atoms with Gasteiger partial charge in [-0.1, -0.05) is 6.42 Å². The average molecular weight is 327 g/mol. The van der Waals surface area contributed by atoms with Crippen molar-refractivity contribution in [3.05, 3.63) is 41.7 Å². The van der Waals surface area contributed by atoms with Gasteiger partial charge < -0.3 is 14.2 Å². The molecule has 1 aliphatic rings. The Hall–Kier alpha value is -2.56. The molecule has 0 atom stereocenters. The molecule has 0 unspecified atom stereocenters. The molecule has 1 aliphatic carbocycles. The lowest BCUT2D eigenvalue weighted by molar-refractivity contribution is 0.0594. The van der Waals surface area contributed by atoms with Gasteiger partial charge in [-0.05, 0) is 54.2 Å². The number of carbonyl (C=O) groups excluding carboxylic acids is 1. The molecule has 0 radical (unpaired) electrons. The zero-order valence-corrected chi connectivity index (χ0v) is 14.2. The van der Waals surface area contributed by atoms with Gasteiger partial charge in [0.1, 0.15) is 5.69 Å². The topological polar surface area (TPSA) is 57.7 Å². The summed E-state index contributed by atoms with van der Waals surface area (Å²) in [5.74, 6) is 1.55. The molecule has 24 heavy (non-hydrogen) atoms. The fourth-order valence-electron chi connectivity index (χ4n) is 3.01. The smallest absolute Gasteiger partial charge is 0.356 e. The Morgan fingerprint density at radius 1 is 1.08 bits per heavy atom. The van der Waals surface area contributed by atoms with Crippen molar-refractivity contribution < 1.29 is 19.0 Å². The highest BCUT2D eigenvalue weighted by molar-refractivity contribution is 5.88. The maximum absolute atomic E-state index is 11.7. The normalized spacial score (nSPS) is 14.0.